The molecule has 0 radical (unpaired) electrons. The average Bonchev–Trinajstić information content (AvgIpc) is 2.87. The lowest BCUT2D eigenvalue weighted by Gasteiger charge is -2.32. The molecule has 2 aromatic rings. The maximum atomic E-state index is 12.7. The van der Waals surface area contributed by atoms with Gasteiger partial charge in [0.2, 0.25) is 0 Å². The third-order valence-electron chi connectivity index (χ3n) is 5.50. The minimum atomic E-state index is 0.190. The Kier molecular flexibility index (Phi) is 5.69. The van der Waals surface area contributed by atoms with E-state index in [-0.39, 0.29) is 5.92 Å². The van der Waals surface area contributed by atoms with Crippen molar-refractivity contribution in [2.24, 2.45) is 13.0 Å². The van der Waals surface area contributed by atoms with Gasteiger partial charge in [0, 0.05) is 43.7 Å². The summed E-state index contributed by atoms with van der Waals surface area (Å²) >= 11 is 0. The lowest BCUT2D eigenvalue weighted by atomic mass is 9.90. The van der Waals surface area contributed by atoms with Crippen LogP contribution in [0.3, 0.4) is 0 Å². The van der Waals surface area contributed by atoms with Crippen LogP contribution in [0.25, 0.3) is 0 Å². The smallest absolute Gasteiger partial charge is 0.137 e. The van der Waals surface area contributed by atoms with E-state index in [1.165, 1.54) is 16.8 Å². The number of ketones is 1. The number of aromatic nitrogens is 2. The SMILES string of the molecule is Cc1nn(C)c(C)c1CN1CCC[C@H](C(=O)CCc2ccccc2)C1. The molecule has 2 heterocycles. The first-order valence-corrected chi connectivity index (χ1v) is 9.32. The van der Waals surface area contributed by atoms with Crippen LogP contribution in [0.4, 0.5) is 0 Å². The molecule has 134 valence electrons. The molecule has 0 spiro atoms. The van der Waals surface area contributed by atoms with Gasteiger partial charge in [-0.25, -0.2) is 0 Å². The summed E-state index contributed by atoms with van der Waals surface area (Å²) in [5.41, 5.74) is 4.91. The average molecular weight is 339 g/mol. The van der Waals surface area contributed by atoms with Crippen molar-refractivity contribution in [3.05, 3.63) is 52.8 Å². The quantitative estimate of drug-likeness (QED) is 0.809. The fourth-order valence-electron chi connectivity index (χ4n) is 3.85. The number of rotatable bonds is 6. The van der Waals surface area contributed by atoms with E-state index in [0.717, 1.165) is 44.6 Å². The molecule has 1 atom stereocenters. The van der Waals surface area contributed by atoms with Crippen LogP contribution in [0.5, 0.6) is 0 Å². The molecule has 1 aliphatic heterocycles. The van der Waals surface area contributed by atoms with Crippen molar-refractivity contribution >= 4 is 5.78 Å². The molecule has 1 aliphatic rings. The lowest BCUT2D eigenvalue weighted by molar-refractivity contribution is -0.124. The van der Waals surface area contributed by atoms with Gasteiger partial charge in [-0.05, 0) is 45.2 Å². The first-order valence-electron chi connectivity index (χ1n) is 9.32. The van der Waals surface area contributed by atoms with Crippen LogP contribution in [0.2, 0.25) is 0 Å². The highest BCUT2D eigenvalue weighted by atomic mass is 16.1. The summed E-state index contributed by atoms with van der Waals surface area (Å²) in [7, 11) is 2.00. The number of carbonyl (C=O) groups is 1. The van der Waals surface area contributed by atoms with Crippen molar-refractivity contribution in [1.82, 2.24) is 14.7 Å². The Bertz CT molecular complexity index is 720. The second-order valence-electron chi connectivity index (χ2n) is 7.30. The number of carbonyl (C=O) groups excluding carboxylic acids is 1. The van der Waals surface area contributed by atoms with Crippen molar-refractivity contribution in [2.75, 3.05) is 13.1 Å². The highest BCUT2D eigenvalue weighted by Crippen LogP contribution is 2.23. The standard InChI is InChI=1S/C21H29N3O/c1-16-20(17(2)23(3)22-16)15-24-13-7-10-19(14-24)21(25)12-11-18-8-5-4-6-9-18/h4-6,8-9,19H,7,10-15H2,1-3H3/t19-/m0/s1. The highest BCUT2D eigenvalue weighted by Gasteiger charge is 2.26. The van der Waals surface area contributed by atoms with Crippen LogP contribution in [0.15, 0.2) is 30.3 Å². The number of aryl methyl sites for hydroxylation is 3. The molecular weight excluding hydrogens is 310 g/mol. The monoisotopic (exact) mass is 339 g/mol. The topological polar surface area (TPSA) is 38.1 Å². The number of likely N-dealkylation sites (tertiary alicyclic amines) is 1. The van der Waals surface area contributed by atoms with Gasteiger partial charge in [0.1, 0.15) is 5.78 Å². The number of Topliss-reactive ketones (excluding diaryl/α,β-unsaturated/α-hetero) is 1. The predicted octanol–water partition coefficient (Wildman–Crippen LogP) is 3.45. The first kappa shape index (κ1) is 17.9. The largest absolute Gasteiger partial charge is 0.299 e. The van der Waals surface area contributed by atoms with E-state index in [0.29, 0.717) is 12.2 Å². The number of benzene rings is 1. The van der Waals surface area contributed by atoms with Crippen LogP contribution in [-0.4, -0.2) is 33.6 Å². The summed E-state index contributed by atoms with van der Waals surface area (Å²) in [6.45, 7) is 7.09. The number of nitrogens with zero attached hydrogens (tertiary/aromatic N) is 3. The molecule has 1 aromatic carbocycles. The van der Waals surface area contributed by atoms with Crippen LogP contribution >= 0.6 is 0 Å². The van der Waals surface area contributed by atoms with E-state index < -0.39 is 0 Å². The van der Waals surface area contributed by atoms with Gasteiger partial charge in [0.25, 0.3) is 0 Å². The third-order valence-corrected chi connectivity index (χ3v) is 5.50. The van der Waals surface area contributed by atoms with Gasteiger partial charge in [0.05, 0.1) is 5.69 Å². The van der Waals surface area contributed by atoms with E-state index in [1.54, 1.807) is 0 Å². The zero-order valence-corrected chi connectivity index (χ0v) is 15.7. The van der Waals surface area contributed by atoms with Gasteiger partial charge in [-0.15, -0.1) is 0 Å². The second kappa shape index (κ2) is 7.96. The molecule has 25 heavy (non-hydrogen) atoms. The summed E-state index contributed by atoms with van der Waals surface area (Å²) in [5.74, 6) is 0.614. The van der Waals surface area contributed by atoms with E-state index >= 15 is 0 Å². The van der Waals surface area contributed by atoms with E-state index in [9.17, 15) is 4.79 Å². The van der Waals surface area contributed by atoms with Gasteiger partial charge in [0.15, 0.2) is 0 Å². The Morgan fingerprint density at radius 2 is 2.00 bits per heavy atom. The Morgan fingerprint density at radius 1 is 1.24 bits per heavy atom. The third kappa shape index (κ3) is 4.37. The molecular formula is C21H29N3O. The van der Waals surface area contributed by atoms with Crippen LogP contribution < -0.4 is 0 Å². The zero-order valence-electron chi connectivity index (χ0n) is 15.7. The van der Waals surface area contributed by atoms with Gasteiger partial charge < -0.3 is 0 Å². The molecule has 0 saturated carbocycles. The predicted molar refractivity (Wildman–Crippen MR) is 100 cm³/mol. The van der Waals surface area contributed by atoms with Crippen LogP contribution in [0.1, 0.15) is 41.8 Å². The Morgan fingerprint density at radius 3 is 2.68 bits per heavy atom. The molecule has 0 aliphatic carbocycles. The van der Waals surface area contributed by atoms with Crippen LogP contribution in [0, 0.1) is 19.8 Å². The number of hydrogen-bond donors (Lipinski definition) is 0. The Labute approximate surface area is 150 Å². The Hall–Kier alpha value is -1.94. The molecule has 4 heteroatoms. The summed E-state index contributed by atoms with van der Waals surface area (Å²) in [5, 5.41) is 4.52. The van der Waals surface area contributed by atoms with Crippen molar-refractivity contribution < 1.29 is 4.79 Å². The normalized spacial score (nSPS) is 18.4. The highest BCUT2D eigenvalue weighted by molar-refractivity contribution is 5.81. The van der Waals surface area contributed by atoms with Crippen LogP contribution in [-0.2, 0) is 24.8 Å². The van der Waals surface area contributed by atoms with Gasteiger partial charge in [-0.1, -0.05) is 30.3 Å². The summed E-state index contributed by atoms with van der Waals surface area (Å²) in [6, 6.07) is 10.3. The minimum Gasteiger partial charge on any atom is -0.299 e. The van der Waals surface area contributed by atoms with Crippen molar-refractivity contribution in [3.63, 3.8) is 0 Å². The van der Waals surface area contributed by atoms with Crippen molar-refractivity contribution in [2.45, 2.75) is 46.1 Å². The number of hydrogen-bond acceptors (Lipinski definition) is 3. The van der Waals surface area contributed by atoms with E-state index in [2.05, 4.69) is 36.0 Å². The second-order valence-corrected chi connectivity index (χ2v) is 7.30. The number of piperidine rings is 1. The summed E-state index contributed by atoms with van der Waals surface area (Å²) < 4.78 is 1.96. The first-order chi connectivity index (χ1) is 12.0. The molecule has 1 fully saturated rings. The molecule has 1 saturated heterocycles. The fraction of sp³-hybridized carbons (Fsp3) is 0.524. The van der Waals surface area contributed by atoms with Gasteiger partial charge in [-0.2, -0.15) is 5.10 Å². The van der Waals surface area contributed by atoms with E-state index in [4.69, 9.17) is 0 Å². The molecule has 1 aromatic heterocycles. The van der Waals surface area contributed by atoms with Crippen molar-refractivity contribution in [3.8, 4) is 0 Å². The maximum Gasteiger partial charge on any atom is 0.137 e. The molecule has 0 bridgehead atoms. The lowest BCUT2D eigenvalue weighted by Crippen LogP contribution is -2.38. The molecule has 0 amide bonds. The van der Waals surface area contributed by atoms with E-state index in [1.807, 2.05) is 29.9 Å². The molecule has 0 unspecified atom stereocenters. The van der Waals surface area contributed by atoms with Crippen molar-refractivity contribution in [1.29, 1.82) is 0 Å². The Balaban J connectivity index is 1.56. The molecule has 0 N–H and O–H groups in total. The minimum absolute atomic E-state index is 0.190. The summed E-state index contributed by atoms with van der Waals surface area (Å²) in [4.78, 5) is 15.1. The summed E-state index contributed by atoms with van der Waals surface area (Å²) in [6.07, 6.45) is 3.67. The molecule has 3 rings (SSSR count). The zero-order chi connectivity index (χ0) is 17.8. The molecule has 4 nitrogen and oxygen atoms in total. The van der Waals surface area contributed by atoms with Gasteiger partial charge >= 0.3 is 0 Å². The fourth-order valence-corrected chi connectivity index (χ4v) is 3.85. The maximum absolute atomic E-state index is 12.7. The van der Waals surface area contributed by atoms with Gasteiger partial charge in [-0.3, -0.25) is 14.4 Å².